The van der Waals surface area contributed by atoms with Crippen LogP contribution in [-0.2, 0) is 16.1 Å². The summed E-state index contributed by atoms with van der Waals surface area (Å²) in [6.45, 7) is 5.25. The van der Waals surface area contributed by atoms with Crippen LogP contribution in [0.25, 0.3) is 11.3 Å². The predicted molar refractivity (Wildman–Crippen MR) is 181 cm³/mol. The van der Waals surface area contributed by atoms with Crippen molar-refractivity contribution in [2.75, 3.05) is 64.8 Å². The highest BCUT2D eigenvalue weighted by Crippen LogP contribution is 2.31. The number of hydrogen-bond donors (Lipinski definition) is 3. The van der Waals surface area contributed by atoms with Crippen molar-refractivity contribution in [2.45, 2.75) is 19.5 Å². The van der Waals surface area contributed by atoms with Gasteiger partial charge in [-0.1, -0.05) is 24.3 Å². The average molecular weight is 640 g/mol. The highest BCUT2D eigenvalue weighted by molar-refractivity contribution is 6.05. The molecule has 1 aromatic heterocycles. The number of rotatable bonds is 13. The molecule has 0 aliphatic carbocycles. The number of aromatic nitrogens is 1. The van der Waals surface area contributed by atoms with Crippen LogP contribution >= 0.6 is 0 Å². The molecule has 5 rings (SSSR count). The number of carbonyl (C=O) groups excluding carboxylic acids is 2. The summed E-state index contributed by atoms with van der Waals surface area (Å²) in [5.41, 5.74) is 11.6. The number of benzene rings is 3. The van der Waals surface area contributed by atoms with E-state index in [4.69, 9.17) is 29.7 Å². The Hall–Kier alpha value is -4.97. The Morgan fingerprint density at radius 2 is 1.57 bits per heavy atom. The molecule has 4 aromatic rings. The quantitative estimate of drug-likeness (QED) is 0.186. The highest BCUT2D eigenvalue weighted by atomic mass is 16.5. The first-order valence-corrected chi connectivity index (χ1v) is 15.4. The molecule has 0 spiro atoms. The molecule has 1 aliphatic rings. The molecule has 47 heavy (non-hydrogen) atoms. The van der Waals surface area contributed by atoms with Crippen LogP contribution in [0.1, 0.15) is 33.1 Å². The number of morpholine rings is 1. The van der Waals surface area contributed by atoms with Gasteiger partial charge >= 0.3 is 0 Å². The van der Waals surface area contributed by atoms with Crippen molar-refractivity contribution in [1.29, 1.82) is 0 Å². The van der Waals surface area contributed by atoms with E-state index < -0.39 is 6.04 Å². The largest absolute Gasteiger partial charge is 0.497 e. The molecular formula is C36H41N5O6. The van der Waals surface area contributed by atoms with E-state index in [1.54, 1.807) is 25.3 Å². The minimum atomic E-state index is -0.871. The Morgan fingerprint density at radius 3 is 2.23 bits per heavy atom. The Morgan fingerprint density at radius 1 is 0.894 bits per heavy atom. The lowest BCUT2D eigenvalue weighted by Gasteiger charge is -2.27. The maximum absolute atomic E-state index is 13.3. The highest BCUT2D eigenvalue weighted by Gasteiger charge is 2.24. The number of amides is 1. The molecule has 4 N–H and O–H groups in total. The molecule has 1 aliphatic heterocycles. The molecule has 1 atom stereocenters. The predicted octanol–water partition coefficient (Wildman–Crippen LogP) is 4.85. The van der Waals surface area contributed by atoms with Crippen molar-refractivity contribution in [3.8, 4) is 28.5 Å². The van der Waals surface area contributed by atoms with Crippen LogP contribution in [0.5, 0.6) is 17.2 Å². The standard InChI is InChI=1S/C36H41N5O6/c1-23-5-8-26(39-36(43)25-17-28(45-3)20-29(18-25)46-4)19-31(23)32-12-11-30(34(37)33(42)22-41-13-15-47-16-14-41)35(40-32)38-21-24-6-9-27(44-2)10-7-24/h5-12,17-20,34H,13-16,21-22,37H2,1-4H3,(H,38,40)(H,39,43). The van der Waals surface area contributed by atoms with Gasteiger partial charge in [0, 0.05) is 48.1 Å². The SMILES string of the molecule is COc1ccc(CNc2nc(-c3cc(NC(=O)c4cc(OC)cc(OC)c4)ccc3C)ccc2C(N)C(=O)CN2CCOCC2)cc1. The van der Waals surface area contributed by atoms with E-state index in [0.29, 0.717) is 72.7 Å². The molecule has 0 saturated carbocycles. The van der Waals surface area contributed by atoms with Crippen molar-refractivity contribution in [3.05, 3.63) is 95.1 Å². The maximum Gasteiger partial charge on any atom is 0.255 e. The van der Waals surface area contributed by atoms with Gasteiger partial charge in [-0.25, -0.2) is 4.98 Å². The lowest BCUT2D eigenvalue weighted by atomic mass is 9.99. The normalized spacial score (nSPS) is 13.8. The van der Waals surface area contributed by atoms with Gasteiger partial charge in [0.1, 0.15) is 23.1 Å². The maximum atomic E-state index is 13.3. The van der Waals surface area contributed by atoms with E-state index in [1.165, 1.54) is 14.2 Å². The Labute approximate surface area is 275 Å². The smallest absolute Gasteiger partial charge is 0.255 e. The van der Waals surface area contributed by atoms with Crippen molar-refractivity contribution in [3.63, 3.8) is 0 Å². The van der Waals surface area contributed by atoms with Crippen LogP contribution in [0, 0.1) is 6.92 Å². The second kappa shape index (κ2) is 15.5. The summed E-state index contributed by atoms with van der Waals surface area (Å²) in [5, 5.41) is 6.39. The molecule has 1 fully saturated rings. The summed E-state index contributed by atoms with van der Waals surface area (Å²) in [6, 6.07) is 21.2. The molecule has 1 saturated heterocycles. The lowest BCUT2D eigenvalue weighted by Crippen LogP contribution is -2.42. The third kappa shape index (κ3) is 8.44. The zero-order valence-corrected chi connectivity index (χ0v) is 27.2. The van der Waals surface area contributed by atoms with Gasteiger partial charge < -0.3 is 35.3 Å². The fourth-order valence-electron chi connectivity index (χ4n) is 5.31. The third-order valence-corrected chi connectivity index (χ3v) is 8.10. The average Bonchev–Trinajstić information content (AvgIpc) is 3.11. The van der Waals surface area contributed by atoms with Crippen LogP contribution in [0.2, 0.25) is 0 Å². The Balaban J connectivity index is 1.43. The summed E-state index contributed by atoms with van der Waals surface area (Å²) in [5.74, 6) is 1.90. The molecule has 11 heteroatoms. The lowest BCUT2D eigenvalue weighted by molar-refractivity contribution is -0.122. The van der Waals surface area contributed by atoms with E-state index in [0.717, 1.165) is 22.4 Å². The number of anilines is 2. The fourth-order valence-corrected chi connectivity index (χ4v) is 5.31. The van der Waals surface area contributed by atoms with Gasteiger partial charge in [-0.15, -0.1) is 0 Å². The van der Waals surface area contributed by atoms with Crippen LogP contribution in [0.3, 0.4) is 0 Å². The number of aryl methyl sites for hydroxylation is 1. The first kappa shape index (κ1) is 33.4. The summed E-state index contributed by atoms with van der Waals surface area (Å²) in [4.78, 5) is 33.6. The van der Waals surface area contributed by atoms with Gasteiger partial charge in [-0.2, -0.15) is 0 Å². The molecule has 246 valence electrons. The minimum Gasteiger partial charge on any atom is -0.497 e. The fraction of sp³-hybridized carbons (Fsp3) is 0.306. The molecular weight excluding hydrogens is 598 g/mol. The molecule has 0 bridgehead atoms. The summed E-state index contributed by atoms with van der Waals surface area (Å²) in [6.07, 6.45) is 0. The Kier molecular flexibility index (Phi) is 11.0. The van der Waals surface area contributed by atoms with E-state index in [2.05, 4.69) is 15.5 Å². The van der Waals surface area contributed by atoms with Crippen molar-refractivity contribution in [1.82, 2.24) is 9.88 Å². The van der Waals surface area contributed by atoms with Crippen molar-refractivity contribution >= 4 is 23.2 Å². The molecule has 3 aromatic carbocycles. The van der Waals surface area contributed by atoms with Gasteiger partial charge in [0.15, 0.2) is 5.78 Å². The zero-order chi connectivity index (χ0) is 33.3. The number of nitrogens with one attached hydrogen (secondary N) is 2. The summed E-state index contributed by atoms with van der Waals surface area (Å²) in [7, 11) is 4.70. The van der Waals surface area contributed by atoms with Crippen molar-refractivity contribution < 1.29 is 28.5 Å². The van der Waals surface area contributed by atoms with Crippen LogP contribution in [0.4, 0.5) is 11.5 Å². The van der Waals surface area contributed by atoms with Gasteiger partial charge in [-0.3, -0.25) is 14.5 Å². The number of Topliss-reactive ketones (excluding diaryl/α,β-unsaturated/α-hetero) is 1. The van der Waals surface area contributed by atoms with E-state index in [-0.39, 0.29) is 18.2 Å². The molecule has 1 unspecified atom stereocenters. The van der Waals surface area contributed by atoms with Crippen LogP contribution in [0.15, 0.2) is 72.8 Å². The summed E-state index contributed by atoms with van der Waals surface area (Å²) < 4.78 is 21.4. The number of hydrogen-bond acceptors (Lipinski definition) is 10. The monoisotopic (exact) mass is 639 g/mol. The topological polar surface area (TPSA) is 137 Å². The van der Waals surface area contributed by atoms with Crippen molar-refractivity contribution in [2.24, 2.45) is 5.73 Å². The molecule has 11 nitrogen and oxygen atoms in total. The van der Waals surface area contributed by atoms with Crippen LogP contribution < -0.4 is 30.6 Å². The zero-order valence-electron chi connectivity index (χ0n) is 27.2. The second-order valence-electron chi connectivity index (χ2n) is 11.3. The van der Waals surface area contributed by atoms with Gasteiger partial charge in [0.25, 0.3) is 5.91 Å². The number of ether oxygens (including phenoxy) is 4. The molecule has 0 radical (unpaired) electrons. The second-order valence-corrected chi connectivity index (χ2v) is 11.3. The number of carbonyl (C=O) groups is 2. The third-order valence-electron chi connectivity index (χ3n) is 8.10. The molecule has 1 amide bonds. The van der Waals surface area contributed by atoms with E-state index in [1.807, 2.05) is 61.5 Å². The van der Waals surface area contributed by atoms with Gasteiger partial charge in [-0.05, 0) is 60.5 Å². The Bertz CT molecular complexity index is 1680. The van der Waals surface area contributed by atoms with Gasteiger partial charge in [0.2, 0.25) is 0 Å². The van der Waals surface area contributed by atoms with Gasteiger partial charge in [0.05, 0.1) is 52.8 Å². The minimum absolute atomic E-state index is 0.0935. The summed E-state index contributed by atoms with van der Waals surface area (Å²) >= 11 is 0. The number of nitrogens with two attached hydrogens (primary N) is 1. The van der Waals surface area contributed by atoms with Crippen LogP contribution in [-0.4, -0.2) is 75.8 Å². The number of methoxy groups -OCH3 is 3. The van der Waals surface area contributed by atoms with E-state index >= 15 is 0 Å². The number of nitrogens with zero attached hydrogens (tertiary/aromatic N) is 2. The first-order chi connectivity index (χ1) is 22.8. The first-order valence-electron chi connectivity index (χ1n) is 15.4. The molecule has 2 heterocycles. The number of pyridine rings is 1. The number of ketones is 1. The van der Waals surface area contributed by atoms with E-state index in [9.17, 15) is 9.59 Å².